The predicted molar refractivity (Wildman–Crippen MR) is 77.9 cm³/mol. The average molecular weight is 348 g/mol. The summed E-state index contributed by atoms with van der Waals surface area (Å²) in [6.45, 7) is 0. The van der Waals surface area contributed by atoms with Crippen molar-refractivity contribution in [2.75, 3.05) is 4.72 Å². The van der Waals surface area contributed by atoms with Crippen LogP contribution in [0.4, 0.5) is 5.69 Å². The standard InChI is InChI=1S/C11H10ClN3O4S2/c12-11-10(5-2-6-14-11)15-21(18,19)9-4-1-3-8(7-9)20(13,16)17/h1-7,15H,(H2,13,16,17). The van der Waals surface area contributed by atoms with Gasteiger partial charge in [0.1, 0.15) is 0 Å². The molecular formula is C11H10ClN3O4S2. The minimum atomic E-state index is -4.01. The number of hydrogen-bond acceptors (Lipinski definition) is 5. The lowest BCUT2D eigenvalue weighted by molar-refractivity contribution is 0.597. The molecule has 2 aromatic rings. The molecule has 0 saturated carbocycles. The Bertz CT molecular complexity index is 882. The zero-order valence-electron chi connectivity index (χ0n) is 10.4. The van der Waals surface area contributed by atoms with Gasteiger partial charge in [0.15, 0.2) is 5.15 Å². The van der Waals surface area contributed by atoms with Gasteiger partial charge in [-0.15, -0.1) is 0 Å². The number of anilines is 1. The second kappa shape index (κ2) is 5.60. The highest BCUT2D eigenvalue weighted by Crippen LogP contribution is 2.22. The van der Waals surface area contributed by atoms with Gasteiger partial charge in [-0.2, -0.15) is 0 Å². The normalized spacial score (nSPS) is 12.1. The third-order valence-corrected chi connectivity index (χ3v) is 5.02. The Labute approximate surface area is 126 Å². The molecule has 0 bridgehead atoms. The van der Waals surface area contributed by atoms with Gasteiger partial charge in [-0.1, -0.05) is 17.7 Å². The maximum atomic E-state index is 12.2. The van der Waals surface area contributed by atoms with Crippen LogP contribution in [0.3, 0.4) is 0 Å². The van der Waals surface area contributed by atoms with Gasteiger partial charge >= 0.3 is 0 Å². The molecule has 0 spiro atoms. The van der Waals surface area contributed by atoms with Gasteiger partial charge in [0.05, 0.1) is 15.5 Å². The zero-order chi connectivity index (χ0) is 15.7. The molecule has 1 heterocycles. The first-order chi connectivity index (χ1) is 9.70. The lowest BCUT2D eigenvalue weighted by atomic mass is 10.4. The smallest absolute Gasteiger partial charge is 0.262 e. The van der Waals surface area contributed by atoms with Crippen molar-refractivity contribution in [3.63, 3.8) is 0 Å². The summed E-state index contributed by atoms with van der Waals surface area (Å²) < 4.78 is 49.1. The topological polar surface area (TPSA) is 119 Å². The number of benzene rings is 1. The molecule has 1 aromatic carbocycles. The largest absolute Gasteiger partial charge is 0.276 e. The first kappa shape index (κ1) is 15.7. The fourth-order valence-electron chi connectivity index (χ4n) is 1.48. The number of halogens is 1. The molecule has 0 radical (unpaired) electrons. The molecule has 21 heavy (non-hydrogen) atoms. The van der Waals surface area contributed by atoms with Crippen LogP contribution in [0.15, 0.2) is 52.4 Å². The lowest BCUT2D eigenvalue weighted by Crippen LogP contribution is -2.16. The summed E-state index contributed by atoms with van der Waals surface area (Å²) in [7, 11) is -8.01. The second-order valence-corrected chi connectivity index (χ2v) is 7.57. The summed E-state index contributed by atoms with van der Waals surface area (Å²) in [5, 5.41) is 4.95. The van der Waals surface area contributed by atoms with E-state index in [0.717, 1.165) is 6.07 Å². The van der Waals surface area contributed by atoms with Crippen LogP contribution >= 0.6 is 11.6 Å². The second-order valence-electron chi connectivity index (χ2n) is 3.97. The predicted octanol–water partition coefficient (Wildman–Crippen LogP) is 1.18. The Kier molecular flexibility index (Phi) is 4.19. The van der Waals surface area contributed by atoms with Crippen LogP contribution in [-0.4, -0.2) is 21.8 Å². The molecule has 0 aliphatic heterocycles. The number of primary sulfonamides is 1. The maximum Gasteiger partial charge on any atom is 0.262 e. The van der Waals surface area contributed by atoms with Crippen molar-refractivity contribution >= 4 is 37.3 Å². The molecule has 10 heteroatoms. The molecule has 3 N–H and O–H groups in total. The SMILES string of the molecule is NS(=O)(=O)c1cccc(S(=O)(=O)Nc2cccnc2Cl)c1. The minimum Gasteiger partial charge on any atom is -0.276 e. The van der Waals surface area contributed by atoms with Crippen LogP contribution in [0.1, 0.15) is 0 Å². The van der Waals surface area contributed by atoms with E-state index in [-0.39, 0.29) is 20.6 Å². The number of sulfonamides is 2. The first-order valence-corrected chi connectivity index (χ1v) is 8.87. The summed E-state index contributed by atoms with van der Waals surface area (Å²) in [6.07, 6.45) is 1.40. The van der Waals surface area contributed by atoms with Gasteiger partial charge in [0.2, 0.25) is 10.0 Å². The number of pyridine rings is 1. The van der Waals surface area contributed by atoms with Crippen molar-refractivity contribution in [3.8, 4) is 0 Å². The van der Waals surface area contributed by atoms with Gasteiger partial charge in [0, 0.05) is 6.20 Å². The van der Waals surface area contributed by atoms with Crippen LogP contribution < -0.4 is 9.86 Å². The highest BCUT2D eigenvalue weighted by atomic mass is 35.5. The summed E-state index contributed by atoms with van der Waals surface area (Å²) in [5.74, 6) is 0. The lowest BCUT2D eigenvalue weighted by Gasteiger charge is -2.09. The molecule has 1 aromatic heterocycles. The van der Waals surface area contributed by atoms with Crippen LogP contribution in [0.2, 0.25) is 5.15 Å². The first-order valence-electron chi connectivity index (χ1n) is 5.46. The van der Waals surface area contributed by atoms with E-state index in [4.69, 9.17) is 16.7 Å². The van der Waals surface area contributed by atoms with E-state index in [2.05, 4.69) is 9.71 Å². The number of nitrogens with one attached hydrogen (secondary N) is 1. The van der Waals surface area contributed by atoms with Gasteiger partial charge in [-0.25, -0.2) is 27.0 Å². The molecule has 0 unspecified atom stereocenters. The minimum absolute atomic E-state index is 0.0244. The average Bonchev–Trinajstić information content (AvgIpc) is 2.40. The van der Waals surface area contributed by atoms with Crippen LogP contribution in [0.5, 0.6) is 0 Å². The Hall–Kier alpha value is -1.68. The van der Waals surface area contributed by atoms with E-state index >= 15 is 0 Å². The Morgan fingerprint density at radius 1 is 1.05 bits per heavy atom. The van der Waals surface area contributed by atoms with Crippen molar-refractivity contribution in [1.29, 1.82) is 0 Å². The highest BCUT2D eigenvalue weighted by Gasteiger charge is 2.18. The molecule has 0 atom stereocenters. The molecule has 2 rings (SSSR count). The number of aromatic nitrogens is 1. The van der Waals surface area contributed by atoms with E-state index in [0.29, 0.717) is 0 Å². The van der Waals surface area contributed by atoms with E-state index in [1.807, 2.05) is 0 Å². The molecule has 112 valence electrons. The van der Waals surface area contributed by atoms with Crippen LogP contribution in [0.25, 0.3) is 0 Å². The fourth-order valence-corrected chi connectivity index (χ4v) is 3.45. The molecular weight excluding hydrogens is 338 g/mol. The molecule has 7 nitrogen and oxygen atoms in total. The zero-order valence-corrected chi connectivity index (χ0v) is 12.8. The van der Waals surface area contributed by atoms with Crippen LogP contribution in [-0.2, 0) is 20.0 Å². The number of nitrogens with two attached hydrogens (primary N) is 1. The fraction of sp³-hybridized carbons (Fsp3) is 0. The summed E-state index contributed by atoms with van der Waals surface area (Å²) in [6, 6.07) is 7.61. The summed E-state index contributed by atoms with van der Waals surface area (Å²) >= 11 is 5.77. The third kappa shape index (κ3) is 3.70. The molecule has 0 amide bonds. The van der Waals surface area contributed by atoms with Crippen molar-refractivity contribution in [2.45, 2.75) is 9.79 Å². The van der Waals surface area contributed by atoms with Crippen molar-refractivity contribution in [2.24, 2.45) is 5.14 Å². The Balaban J connectivity index is 2.44. The molecule has 0 aliphatic rings. The number of hydrogen-bond donors (Lipinski definition) is 2. The van der Waals surface area contributed by atoms with E-state index in [9.17, 15) is 16.8 Å². The monoisotopic (exact) mass is 347 g/mol. The van der Waals surface area contributed by atoms with Gasteiger partial charge in [-0.05, 0) is 30.3 Å². The maximum absolute atomic E-state index is 12.2. The quantitative estimate of drug-likeness (QED) is 0.805. The van der Waals surface area contributed by atoms with Gasteiger partial charge < -0.3 is 0 Å². The highest BCUT2D eigenvalue weighted by molar-refractivity contribution is 7.93. The van der Waals surface area contributed by atoms with E-state index in [1.54, 1.807) is 0 Å². The van der Waals surface area contributed by atoms with E-state index < -0.39 is 20.0 Å². The molecule has 0 fully saturated rings. The van der Waals surface area contributed by atoms with Crippen LogP contribution in [0, 0.1) is 0 Å². The molecule has 0 saturated heterocycles. The van der Waals surface area contributed by atoms with Crippen molar-refractivity contribution < 1.29 is 16.8 Å². The van der Waals surface area contributed by atoms with Gasteiger partial charge in [0.25, 0.3) is 10.0 Å². The number of rotatable bonds is 4. The van der Waals surface area contributed by atoms with Crippen molar-refractivity contribution in [3.05, 3.63) is 47.7 Å². The van der Waals surface area contributed by atoms with Gasteiger partial charge in [-0.3, -0.25) is 4.72 Å². The summed E-state index contributed by atoms with van der Waals surface area (Å²) in [5.41, 5.74) is 0.0835. The Morgan fingerprint density at radius 3 is 2.33 bits per heavy atom. The number of nitrogens with zero attached hydrogens (tertiary/aromatic N) is 1. The van der Waals surface area contributed by atoms with Crippen molar-refractivity contribution in [1.82, 2.24) is 4.98 Å². The van der Waals surface area contributed by atoms with E-state index in [1.165, 1.54) is 36.5 Å². The summed E-state index contributed by atoms with van der Waals surface area (Å²) in [4.78, 5) is 3.18. The Morgan fingerprint density at radius 2 is 1.71 bits per heavy atom. The molecule has 0 aliphatic carbocycles. The third-order valence-electron chi connectivity index (χ3n) is 2.45.